The summed E-state index contributed by atoms with van der Waals surface area (Å²) >= 11 is 0. The third-order valence-corrected chi connectivity index (χ3v) is 4.08. The van der Waals surface area contributed by atoms with Gasteiger partial charge in [-0.15, -0.1) is 0 Å². The van der Waals surface area contributed by atoms with Crippen LogP contribution in [-0.2, 0) is 0 Å². The minimum absolute atomic E-state index is 0.0778. The zero-order valence-corrected chi connectivity index (χ0v) is 13.0. The van der Waals surface area contributed by atoms with Crippen molar-refractivity contribution in [3.8, 4) is 11.4 Å². The van der Waals surface area contributed by atoms with Gasteiger partial charge in [-0.25, -0.2) is 4.98 Å². The number of H-pyrrole nitrogens is 1. The van der Waals surface area contributed by atoms with Crippen LogP contribution in [0.4, 0.5) is 0 Å². The summed E-state index contributed by atoms with van der Waals surface area (Å²) in [7, 11) is 1.95. The molecule has 1 unspecified atom stereocenters. The van der Waals surface area contributed by atoms with Crippen molar-refractivity contribution >= 4 is 5.91 Å². The molecule has 0 spiro atoms. The predicted molar refractivity (Wildman–Crippen MR) is 84.5 cm³/mol. The highest BCUT2D eigenvalue weighted by atomic mass is 16.2. The van der Waals surface area contributed by atoms with Crippen molar-refractivity contribution in [2.24, 2.45) is 0 Å². The fourth-order valence-electron chi connectivity index (χ4n) is 2.84. The average Bonchev–Trinajstić information content (AvgIpc) is 3.01. The van der Waals surface area contributed by atoms with E-state index in [2.05, 4.69) is 20.5 Å². The molecule has 1 aromatic carbocycles. The number of amides is 1. The number of carbonyl (C=O) groups excluding carboxylic acids is 1. The number of carbonyl (C=O) groups is 1. The molecule has 1 amide bonds. The van der Waals surface area contributed by atoms with Gasteiger partial charge in [-0.3, -0.25) is 9.89 Å². The summed E-state index contributed by atoms with van der Waals surface area (Å²) < 4.78 is 0. The molecule has 0 bridgehead atoms. The van der Waals surface area contributed by atoms with Crippen LogP contribution in [0.25, 0.3) is 11.4 Å². The van der Waals surface area contributed by atoms with Crippen molar-refractivity contribution < 1.29 is 4.79 Å². The Labute approximate surface area is 129 Å². The number of aromatic amines is 1. The fraction of sp³-hybridized carbons (Fsp3) is 0.438. The van der Waals surface area contributed by atoms with Gasteiger partial charge >= 0.3 is 0 Å². The lowest BCUT2D eigenvalue weighted by atomic mass is 10.0. The molecule has 1 aliphatic heterocycles. The maximum atomic E-state index is 12.7. The molecule has 0 saturated carbocycles. The lowest BCUT2D eigenvalue weighted by molar-refractivity contribution is 0.0698. The van der Waals surface area contributed by atoms with E-state index in [-0.39, 0.29) is 5.91 Å². The van der Waals surface area contributed by atoms with Crippen LogP contribution in [0.15, 0.2) is 24.3 Å². The summed E-state index contributed by atoms with van der Waals surface area (Å²) in [4.78, 5) is 18.9. The van der Waals surface area contributed by atoms with E-state index >= 15 is 0 Å². The van der Waals surface area contributed by atoms with Gasteiger partial charge in [0, 0.05) is 30.3 Å². The fourth-order valence-corrected chi connectivity index (χ4v) is 2.84. The molecule has 1 saturated heterocycles. The number of benzene rings is 1. The molecular formula is C16H21N5O. The number of piperidine rings is 1. The summed E-state index contributed by atoms with van der Waals surface area (Å²) in [5.74, 6) is 1.47. The second kappa shape index (κ2) is 6.27. The first-order valence-electron chi connectivity index (χ1n) is 7.63. The van der Waals surface area contributed by atoms with Gasteiger partial charge in [0.15, 0.2) is 5.82 Å². The number of hydrogen-bond donors (Lipinski definition) is 2. The number of rotatable bonds is 3. The summed E-state index contributed by atoms with van der Waals surface area (Å²) in [5, 5.41) is 10.2. The first-order valence-corrected chi connectivity index (χ1v) is 7.63. The molecule has 0 radical (unpaired) electrons. The number of aryl methyl sites for hydroxylation is 1. The smallest absolute Gasteiger partial charge is 0.253 e. The molecule has 3 rings (SSSR count). The maximum Gasteiger partial charge on any atom is 0.253 e. The number of nitrogens with zero attached hydrogens (tertiary/aromatic N) is 3. The topological polar surface area (TPSA) is 73.9 Å². The van der Waals surface area contributed by atoms with E-state index in [4.69, 9.17) is 0 Å². The van der Waals surface area contributed by atoms with Crippen LogP contribution in [0.1, 0.15) is 29.0 Å². The normalized spacial score (nSPS) is 18.5. The molecule has 116 valence electrons. The minimum Gasteiger partial charge on any atom is -0.337 e. The van der Waals surface area contributed by atoms with Crippen LogP contribution < -0.4 is 5.32 Å². The number of aromatic nitrogens is 3. The molecule has 1 fully saturated rings. The molecule has 2 N–H and O–H groups in total. The number of nitrogens with one attached hydrogen (secondary N) is 2. The van der Waals surface area contributed by atoms with Crippen LogP contribution in [0, 0.1) is 6.92 Å². The molecule has 22 heavy (non-hydrogen) atoms. The highest BCUT2D eigenvalue weighted by Crippen LogP contribution is 2.19. The Morgan fingerprint density at radius 1 is 1.45 bits per heavy atom. The zero-order valence-electron chi connectivity index (χ0n) is 13.0. The maximum absolute atomic E-state index is 12.7. The average molecular weight is 299 g/mol. The highest BCUT2D eigenvalue weighted by Gasteiger charge is 2.23. The van der Waals surface area contributed by atoms with E-state index in [0.717, 1.165) is 37.3 Å². The number of hydrogen-bond acceptors (Lipinski definition) is 4. The highest BCUT2D eigenvalue weighted by molar-refractivity contribution is 5.95. The summed E-state index contributed by atoms with van der Waals surface area (Å²) in [6.07, 6.45) is 2.16. The van der Waals surface area contributed by atoms with Gasteiger partial charge < -0.3 is 10.2 Å². The van der Waals surface area contributed by atoms with Gasteiger partial charge in [0.1, 0.15) is 5.82 Å². The Morgan fingerprint density at radius 3 is 3.05 bits per heavy atom. The second-order valence-electron chi connectivity index (χ2n) is 5.70. The van der Waals surface area contributed by atoms with Crippen LogP contribution in [0.2, 0.25) is 0 Å². The molecule has 0 aliphatic carbocycles. The first kappa shape index (κ1) is 14.7. The van der Waals surface area contributed by atoms with Gasteiger partial charge in [0.25, 0.3) is 5.91 Å². The molecule has 1 aliphatic rings. The third kappa shape index (κ3) is 3.01. The Hall–Kier alpha value is -2.21. The van der Waals surface area contributed by atoms with E-state index in [1.54, 1.807) is 0 Å². The van der Waals surface area contributed by atoms with E-state index in [0.29, 0.717) is 17.4 Å². The van der Waals surface area contributed by atoms with E-state index in [1.807, 2.05) is 43.1 Å². The molecule has 2 heterocycles. The second-order valence-corrected chi connectivity index (χ2v) is 5.70. The molecule has 1 atom stereocenters. The molecule has 6 nitrogen and oxygen atoms in total. The summed E-state index contributed by atoms with van der Waals surface area (Å²) in [6.45, 7) is 3.44. The van der Waals surface area contributed by atoms with Crippen LogP contribution in [0.3, 0.4) is 0 Å². The van der Waals surface area contributed by atoms with Crippen molar-refractivity contribution in [2.45, 2.75) is 25.8 Å². The van der Waals surface area contributed by atoms with Gasteiger partial charge in [0.2, 0.25) is 0 Å². The number of likely N-dealkylation sites (tertiary alicyclic amines) is 1. The van der Waals surface area contributed by atoms with Crippen molar-refractivity contribution in [2.75, 3.05) is 20.1 Å². The quantitative estimate of drug-likeness (QED) is 0.903. The standard InChI is InChI=1S/C16H21N5O/c1-11-18-15(20-19-11)12-5-3-6-13(9-12)16(22)21-8-4-7-14(10-21)17-2/h3,5-6,9,14,17H,4,7-8,10H2,1-2H3,(H,18,19,20). The van der Waals surface area contributed by atoms with Gasteiger partial charge in [-0.1, -0.05) is 12.1 Å². The molecule has 6 heteroatoms. The van der Waals surface area contributed by atoms with Crippen molar-refractivity contribution in [3.05, 3.63) is 35.7 Å². The van der Waals surface area contributed by atoms with Crippen molar-refractivity contribution in [3.63, 3.8) is 0 Å². The summed E-state index contributed by atoms with van der Waals surface area (Å²) in [6, 6.07) is 7.92. The van der Waals surface area contributed by atoms with E-state index in [1.165, 1.54) is 0 Å². The van der Waals surface area contributed by atoms with Gasteiger partial charge in [-0.05, 0) is 38.9 Å². The molecule has 2 aromatic rings. The predicted octanol–water partition coefficient (Wildman–Crippen LogP) is 1.60. The van der Waals surface area contributed by atoms with Crippen LogP contribution >= 0.6 is 0 Å². The Balaban J connectivity index is 1.81. The molecule has 1 aromatic heterocycles. The lowest BCUT2D eigenvalue weighted by Gasteiger charge is -2.32. The lowest BCUT2D eigenvalue weighted by Crippen LogP contribution is -2.46. The number of likely N-dealkylation sites (N-methyl/N-ethyl adjacent to an activating group) is 1. The van der Waals surface area contributed by atoms with Gasteiger partial charge in [0.05, 0.1) is 0 Å². The largest absolute Gasteiger partial charge is 0.337 e. The van der Waals surface area contributed by atoms with Crippen molar-refractivity contribution in [1.29, 1.82) is 0 Å². The Morgan fingerprint density at radius 2 is 2.32 bits per heavy atom. The van der Waals surface area contributed by atoms with E-state index in [9.17, 15) is 4.79 Å². The van der Waals surface area contributed by atoms with E-state index < -0.39 is 0 Å². The minimum atomic E-state index is 0.0778. The molecular weight excluding hydrogens is 278 g/mol. The SMILES string of the molecule is CNC1CCCN(C(=O)c2cccc(-c3n[nH]c(C)n3)c2)C1. The first-order chi connectivity index (χ1) is 10.7. The van der Waals surface area contributed by atoms with Gasteiger partial charge in [-0.2, -0.15) is 5.10 Å². The Kier molecular flexibility index (Phi) is 4.20. The van der Waals surface area contributed by atoms with Crippen LogP contribution in [-0.4, -0.2) is 52.2 Å². The van der Waals surface area contributed by atoms with Crippen LogP contribution in [0.5, 0.6) is 0 Å². The Bertz CT molecular complexity index is 666. The summed E-state index contributed by atoms with van der Waals surface area (Å²) in [5.41, 5.74) is 1.55. The monoisotopic (exact) mass is 299 g/mol. The zero-order chi connectivity index (χ0) is 15.5. The van der Waals surface area contributed by atoms with Crippen molar-refractivity contribution in [1.82, 2.24) is 25.4 Å². The third-order valence-electron chi connectivity index (χ3n) is 4.08.